The second-order valence-corrected chi connectivity index (χ2v) is 3.73. The zero-order valence-electron chi connectivity index (χ0n) is 8.02. The third kappa shape index (κ3) is 1.31. The van der Waals surface area contributed by atoms with Gasteiger partial charge in [0.05, 0.1) is 11.0 Å². The summed E-state index contributed by atoms with van der Waals surface area (Å²) in [5.74, 6) is 0. The molecule has 0 aliphatic heterocycles. The van der Waals surface area contributed by atoms with Crippen LogP contribution in [-0.4, -0.2) is 19.9 Å². The lowest BCUT2D eigenvalue weighted by molar-refractivity contribution is 1.10. The molecule has 2 N–H and O–H groups in total. The molecule has 0 aliphatic rings. The number of para-hydroxylation sites is 2. The van der Waals surface area contributed by atoms with Crippen molar-refractivity contribution < 1.29 is 0 Å². The zero-order chi connectivity index (χ0) is 11.1. The summed E-state index contributed by atoms with van der Waals surface area (Å²) in [6.45, 7) is 0. The van der Waals surface area contributed by atoms with Crippen LogP contribution in [-0.2, 0) is 0 Å². The Bertz CT molecular complexity index is 805. The van der Waals surface area contributed by atoms with Crippen molar-refractivity contribution in [3.63, 3.8) is 0 Å². The maximum absolute atomic E-state index is 11.6. The van der Waals surface area contributed by atoms with E-state index in [9.17, 15) is 4.79 Å². The van der Waals surface area contributed by atoms with Crippen molar-refractivity contribution >= 4 is 34.4 Å². The lowest BCUT2D eigenvalue weighted by Crippen LogP contribution is -2.10. The van der Waals surface area contributed by atoms with Crippen LogP contribution in [0.1, 0.15) is 0 Å². The highest BCUT2D eigenvalue weighted by Gasteiger charge is 2.04. The maximum Gasteiger partial charge on any atom is 0.279 e. The molecule has 0 fully saturated rings. The number of benzene rings is 1. The Balaban J connectivity index is 2.61. The fourth-order valence-electron chi connectivity index (χ4n) is 1.55. The monoisotopic (exact) mass is 230 g/mol. The SMILES string of the molecule is O=c1[nH]c(=S)[nH]c2nc3ccccc3nc12. The number of hydrogen-bond donors (Lipinski definition) is 2. The molecule has 3 aromatic rings. The van der Waals surface area contributed by atoms with E-state index in [4.69, 9.17) is 12.2 Å². The number of nitrogens with one attached hydrogen (secondary N) is 2. The fourth-order valence-corrected chi connectivity index (χ4v) is 1.74. The van der Waals surface area contributed by atoms with Crippen molar-refractivity contribution in [1.82, 2.24) is 19.9 Å². The molecule has 0 amide bonds. The molecular formula is C10H6N4OS. The van der Waals surface area contributed by atoms with Crippen LogP contribution >= 0.6 is 12.2 Å². The van der Waals surface area contributed by atoms with Gasteiger partial charge >= 0.3 is 0 Å². The average molecular weight is 230 g/mol. The lowest BCUT2D eigenvalue weighted by atomic mass is 10.3. The van der Waals surface area contributed by atoms with Crippen LogP contribution in [0.5, 0.6) is 0 Å². The number of nitrogens with zero attached hydrogens (tertiary/aromatic N) is 2. The normalized spacial score (nSPS) is 11.0. The van der Waals surface area contributed by atoms with Crippen molar-refractivity contribution in [2.75, 3.05) is 0 Å². The van der Waals surface area contributed by atoms with E-state index in [0.29, 0.717) is 11.2 Å². The van der Waals surface area contributed by atoms with Gasteiger partial charge < -0.3 is 4.98 Å². The minimum atomic E-state index is -0.322. The molecule has 78 valence electrons. The molecule has 16 heavy (non-hydrogen) atoms. The summed E-state index contributed by atoms with van der Waals surface area (Å²) < 4.78 is 0.252. The van der Waals surface area contributed by atoms with Gasteiger partial charge in [0.1, 0.15) is 0 Å². The highest BCUT2D eigenvalue weighted by Crippen LogP contribution is 2.10. The summed E-state index contributed by atoms with van der Waals surface area (Å²) in [5, 5.41) is 0. The number of fused-ring (bicyclic) bond motifs is 2. The zero-order valence-corrected chi connectivity index (χ0v) is 8.84. The van der Waals surface area contributed by atoms with Gasteiger partial charge in [-0.15, -0.1) is 0 Å². The quantitative estimate of drug-likeness (QED) is 0.453. The number of rotatable bonds is 0. The number of aromatic nitrogens is 4. The minimum absolute atomic E-state index is 0.252. The van der Waals surface area contributed by atoms with Gasteiger partial charge in [-0.25, -0.2) is 9.97 Å². The van der Waals surface area contributed by atoms with Gasteiger partial charge in [0.15, 0.2) is 15.9 Å². The molecule has 1 aromatic carbocycles. The van der Waals surface area contributed by atoms with Crippen molar-refractivity contribution in [2.45, 2.75) is 0 Å². The number of aromatic amines is 2. The van der Waals surface area contributed by atoms with E-state index in [2.05, 4.69) is 19.9 Å². The van der Waals surface area contributed by atoms with Crippen LogP contribution < -0.4 is 5.56 Å². The molecule has 2 heterocycles. The van der Waals surface area contributed by atoms with Gasteiger partial charge in [-0.2, -0.15) is 0 Å². The van der Waals surface area contributed by atoms with Crippen LogP contribution in [0.3, 0.4) is 0 Å². The van der Waals surface area contributed by atoms with E-state index in [1.165, 1.54) is 0 Å². The first-order valence-electron chi connectivity index (χ1n) is 4.63. The molecule has 6 heteroatoms. The van der Waals surface area contributed by atoms with Crippen LogP contribution in [0, 0.1) is 4.77 Å². The predicted octanol–water partition coefficient (Wildman–Crippen LogP) is 1.53. The van der Waals surface area contributed by atoms with Gasteiger partial charge in [-0.1, -0.05) is 12.1 Å². The Hall–Kier alpha value is -2.08. The Morgan fingerprint density at radius 1 is 1.06 bits per heavy atom. The van der Waals surface area contributed by atoms with E-state index >= 15 is 0 Å². The van der Waals surface area contributed by atoms with Crippen molar-refractivity contribution in [3.8, 4) is 0 Å². The fraction of sp³-hybridized carbons (Fsp3) is 0. The second-order valence-electron chi connectivity index (χ2n) is 3.32. The summed E-state index contributed by atoms with van der Waals surface area (Å²) in [6, 6.07) is 7.36. The second kappa shape index (κ2) is 3.21. The van der Waals surface area contributed by atoms with E-state index in [1.54, 1.807) is 0 Å². The van der Waals surface area contributed by atoms with Crippen LogP contribution in [0.15, 0.2) is 29.1 Å². The van der Waals surface area contributed by atoms with E-state index in [0.717, 1.165) is 5.52 Å². The third-order valence-electron chi connectivity index (χ3n) is 2.24. The highest BCUT2D eigenvalue weighted by atomic mass is 32.1. The topological polar surface area (TPSA) is 74.4 Å². The molecule has 0 spiro atoms. The maximum atomic E-state index is 11.6. The average Bonchev–Trinajstić information content (AvgIpc) is 2.27. The van der Waals surface area contributed by atoms with E-state index in [1.807, 2.05) is 24.3 Å². The third-order valence-corrected chi connectivity index (χ3v) is 2.45. The largest absolute Gasteiger partial charge is 0.315 e. The molecular weight excluding hydrogens is 224 g/mol. The summed E-state index contributed by atoms with van der Waals surface area (Å²) in [6.07, 6.45) is 0. The summed E-state index contributed by atoms with van der Waals surface area (Å²) in [7, 11) is 0. The van der Waals surface area contributed by atoms with Crippen LogP contribution in [0.25, 0.3) is 22.2 Å². The molecule has 0 saturated heterocycles. The van der Waals surface area contributed by atoms with Crippen LogP contribution in [0.2, 0.25) is 0 Å². The molecule has 0 aliphatic carbocycles. The van der Waals surface area contributed by atoms with Gasteiger partial charge in [0, 0.05) is 0 Å². The summed E-state index contributed by atoms with van der Waals surface area (Å²) >= 11 is 4.87. The minimum Gasteiger partial charge on any atom is -0.315 e. The van der Waals surface area contributed by atoms with Crippen molar-refractivity contribution in [1.29, 1.82) is 0 Å². The Morgan fingerprint density at radius 2 is 1.75 bits per heavy atom. The first kappa shape index (κ1) is 9.17. The summed E-state index contributed by atoms with van der Waals surface area (Å²) in [5.41, 5.74) is 1.77. The van der Waals surface area contributed by atoms with E-state index < -0.39 is 0 Å². The molecule has 5 nitrogen and oxygen atoms in total. The Kier molecular flexibility index (Phi) is 1.84. The Labute approximate surface area is 94.2 Å². The molecule has 0 radical (unpaired) electrons. The van der Waals surface area contributed by atoms with E-state index in [-0.39, 0.29) is 15.8 Å². The number of hydrogen-bond acceptors (Lipinski definition) is 4. The number of H-pyrrole nitrogens is 2. The molecule has 2 aromatic heterocycles. The van der Waals surface area contributed by atoms with Gasteiger partial charge in [-0.3, -0.25) is 9.78 Å². The summed E-state index contributed by atoms with van der Waals surface area (Å²) in [4.78, 5) is 25.4. The Morgan fingerprint density at radius 3 is 2.50 bits per heavy atom. The smallest absolute Gasteiger partial charge is 0.279 e. The van der Waals surface area contributed by atoms with Crippen molar-refractivity contribution in [3.05, 3.63) is 39.4 Å². The first-order chi connectivity index (χ1) is 7.74. The molecule has 3 rings (SSSR count). The predicted molar refractivity (Wildman–Crippen MR) is 62.8 cm³/mol. The highest BCUT2D eigenvalue weighted by molar-refractivity contribution is 7.71. The molecule has 0 bridgehead atoms. The standard InChI is InChI=1S/C10H6N4OS/c15-9-7-8(13-10(16)14-9)12-6-4-2-1-3-5(6)11-7/h1-4H,(H2,12,13,14,15,16). The van der Waals surface area contributed by atoms with Crippen LogP contribution in [0.4, 0.5) is 0 Å². The van der Waals surface area contributed by atoms with Gasteiger partial charge in [0.25, 0.3) is 5.56 Å². The van der Waals surface area contributed by atoms with Gasteiger partial charge in [0.2, 0.25) is 0 Å². The molecule has 0 saturated carbocycles. The molecule has 0 atom stereocenters. The van der Waals surface area contributed by atoms with Crippen molar-refractivity contribution in [2.24, 2.45) is 0 Å². The first-order valence-corrected chi connectivity index (χ1v) is 5.04. The lowest BCUT2D eigenvalue weighted by Gasteiger charge is -1.99. The van der Waals surface area contributed by atoms with Gasteiger partial charge in [-0.05, 0) is 24.4 Å². The molecule has 0 unspecified atom stereocenters.